The van der Waals surface area contributed by atoms with Gasteiger partial charge in [0.1, 0.15) is 12.4 Å². The van der Waals surface area contributed by atoms with E-state index in [1.165, 1.54) is 4.31 Å². The highest BCUT2D eigenvalue weighted by Gasteiger charge is 2.40. The third kappa shape index (κ3) is 4.60. The van der Waals surface area contributed by atoms with Crippen LogP contribution in [0.5, 0.6) is 5.75 Å². The van der Waals surface area contributed by atoms with Crippen molar-refractivity contribution >= 4 is 38.8 Å². The maximum absolute atomic E-state index is 13.6. The van der Waals surface area contributed by atoms with Gasteiger partial charge in [-0.15, -0.1) is 0 Å². The molecule has 0 unspecified atom stereocenters. The van der Waals surface area contributed by atoms with Crippen molar-refractivity contribution in [2.45, 2.75) is 6.92 Å². The lowest BCUT2D eigenvalue weighted by molar-refractivity contribution is -0.116. The number of carbonyl (C=O) groups excluding carboxylic acids is 1. The van der Waals surface area contributed by atoms with Gasteiger partial charge in [0.2, 0.25) is 0 Å². The largest absolute Gasteiger partial charge is 0.492 e. The van der Waals surface area contributed by atoms with Crippen molar-refractivity contribution < 1.29 is 17.9 Å². The normalized spacial score (nSPS) is 14.5. The molecule has 0 radical (unpaired) electrons. The molecule has 6 nitrogen and oxygen atoms in total. The third-order valence-electron chi connectivity index (χ3n) is 5.23. The summed E-state index contributed by atoms with van der Waals surface area (Å²) in [6.45, 7) is 2.24. The summed E-state index contributed by atoms with van der Waals surface area (Å²) in [5.74, 6) is -0.0171. The number of halogens is 1. The molecule has 1 aliphatic rings. The van der Waals surface area contributed by atoms with Gasteiger partial charge in [-0.05, 0) is 42.8 Å². The van der Waals surface area contributed by atoms with E-state index in [0.717, 1.165) is 0 Å². The van der Waals surface area contributed by atoms with Gasteiger partial charge < -0.3 is 10.1 Å². The zero-order valence-electron chi connectivity index (χ0n) is 18.0. The van der Waals surface area contributed by atoms with Gasteiger partial charge in [-0.1, -0.05) is 60.1 Å². The van der Waals surface area contributed by atoms with Crippen molar-refractivity contribution in [3.63, 3.8) is 0 Å². The van der Waals surface area contributed by atoms with Crippen molar-refractivity contribution in [3.8, 4) is 5.75 Å². The Labute approximate surface area is 198 Å². The topological polar surface area (TPSA) is 75.7 Å². The van der Waals surface area contributed by atoms with Gasteiger partial charge >= 0.3 is 0 Å². The minimum atomic E-state index is -4.11. The second-order valence-corrected chi connectivity index (χ2v) is 9.55. The van der Waals surface area contributed by atoms with Crippen LogP contribution < -0.4 is 14.4 Å². The average molecular weight is 483 g/mol. The number of nitrogens with one attached hydrogen (secondary N) is 1. The van der Waals surface area contributed by atoms with Crippen molar-refractivity contribution in [2.24, 2.45) is 0 Å². The monoisotopic (exact) mass is 482 g/mol. The quantitative estimate of drug-likeness (QED) is 0.504. The lowest BCUT2D eigenvalue weighted by Crippen LogP contribution is -2.42. The van der Waals surface area contributed by atoms with Crippen molar-refractivity contribution in [1.82, 2.24) is 5.32 Å². The number of rotatable bonds is 7. The van der Waals surface area contributed by atoms with Gasteiger partial charge in [0, 0.05) is 22.7 Å². The first-order valence-corrected chi connectivity index (χ1v) is 12.3. The number of nitrogens with zero attached hydrogens (tertiary/aromatic N) is 1. The van der Waals surface area contributed by atoms with E-state index in [-0.39, 0.29) is 24.6 Å². The van der Waals surface area contributed by atoms with E-state index in [1.54, 1.807) is 49.4 Å². The second-order valence-electron chi connectivity index (χ2n) is 7.32. The van der Waals surface area contributed by atoms with Gasteiger partial charge in [-0.2, -0.15) is 0 Å². The molecule has 8 heteroatoms. The van der Waals surface area contributed by atoms with E-state index >= 15 is 0 Å². The van der Waals surface area contributed by atoms with E-state index < -0.39 is 15.9 Å². The highest BCUT2D eigenvalue weighted by molar-refractivity contribution is 7.97. The molecule has 4 rings (SSSR count). The molecule has 1 heterocycles. The number of hydrogen-bond donors (Lipinski definition) is 1. The Morgan fingerprint density at radius 2 is 1.67 bits per heavy atom. The van der Waals surface area contributed by atoms with Crippen LogP contribution in [-0.2, 0) is 14.8 Å². The van der Waals surface area contributed by atoms with Gasteiger partial charge in [0.25, 0.3) is 15.9 Å². The molecule has 3 aromatic carbocycles. The van der Waals surface area contributed by atoms with Gasteiger partial charge in [-0.25, -0.2) is 8.42 Å². The summed E-state index contributed by atoms with van der Waals surface area (Å²) in [6, 6.07) is 23.2. The predicted octanol–water partition coefficient (Wildman–Crippen LogP) is 4.46. The minimum Gasteiger partial charge on any atom is -0.492 e. The maximum atomic E-state index is 13.6. The maximum Gasteiger partial charge on any atom is 0.270 e. The molecule has 0 saturated heterocycles. The molecule has 0 aromatic heterocycles. The molecule has 0 fully saturated rings. The number of amides is 1. The lowest BCUT2D eigenvalue weighted by Gasteiger charge is -2.33. The first-order chi connectivity index (χ1) is 15.9. The fraction of sp³-hybridized carbons (Fsp3) is 0.160. The number of benzene rings is 3. The van der Waals surface area contributed by atoms with Crippen LogP contribution in [0.3, 0.4) is 0 Å². The number of sulfonamides is 1. The fourth-order valence-electron chi connectivity index (χ4n) is 3.81. The Bertz CT molecular complexity index is 1290. The molecular formula is C25H23ClN2O4S. The number of ether oxygens (including phenoxy) is 1. The molecule has 0 bridgehead atoms. The molecule has 0 spiro atoms. The Morgan fingerprint density at radius 3 is 2.33 bits per heavy atom. The molecule has 0 aliphatic carbocycles. The molecule has 0 saturated carbocycles. The molecular weight excluding hydrogens is 460 g/mol. The summed E-state index contributed by atoms with van der Waals surface area (Å²) in [5.41, 5.74) is 2.03. The van der Waals surface area contributed by atoms with Crippen molar-refractivity contribution in [3.05, 3.63) is 99.9 Å². The second kappa shape index (κ2) is 9.68. The standard InChI is InChI=1S/C25H23ClN2O4S/c1-2-28-22-14-13-19(26)17-21(22)23(18-9-5-3-6-10-18)24(33(28,30)31)25(29)27-15-16-32-20-11-7-4-8-12-20/h3-14,17H,2,15-16H2,1H3,(H,27,29). The van der Waals surface area contributed by atoms with Crippen molar-refractivity contribution in [2.75, 3.05) is 24.0 Å². The first-order valence-electron chi connectivity index (χ1n) is 10.5. The summed E-state index contributed by atoms with van der Waals surface area (Å²) < 4.78 is 34.1. The van der Waals surface area contributed by atoms with E-state index in [9.17, 15) is 13.2 Å². The first kappa shape index (κ1) is 22.9. The molecule has 0 atom stereocenters. The van der Waals surface area contributed by atoms with Crippen LogP contribution in [0.1, 0.15) is 18.1 Å². The Hall–Kier alpha value is -3.29. The van der Waals surface area contributed by atoms with Gasteiger partial charge in [0.15, 0.2) is 4.91 Å². The van der Waals surface area contributed by atoms with E-state index in [1.807, 2.05) is 36.4 Å². The van der Waals surface area contributed by atoms with Crippen LogP contribution >= 0.6 is 11.6 Å². The minimum absolute atomic E-state index is 0.142. The Morgan fingerprint density at radius 1 is 1.00 bits per heavy atom. The molecule has 1 amide bonds. The summed E-state index contributed by atoms with van der Waals surface area (Å²) >= 11 is 6.27. The lowest BCUT2D eigenvalue weighted by atomic mass is 9.95. The molecule has 33 heavy (non-hydrogen) atoms. The summed E-state index contributed by atoms with van der Waals surface area (Å²) in [5, 5.41) is 3.16. The highest BCUT2D eigenvalue weighted by Crippen LogP contribution is 2.43. The predicted molar refractivity (Wildman–Crippen MR) is 131 cm³/mol. The molecule has 1 aliphatic heterocycles. The highest BCUT2D eigenvalue weighted by atomic mass is 35.5. The van der Waals surface area contributed by atoms with E-state index in [0.29, 0.717) is 33.2 Å². The summed E-state index contributed by atoms with van der Waals surface area (Å²) in [4.78, 5) is 13.0. The zero-order chi connectivity index (χ0) is 23.4. The summed E-state index contributed by atoms with van der Waals surface area (Å²) in [7, 11) is -4.11. The summed E-state index contributed by atoms with van der Waals surface area (Å²) in [6.07, 6.45) is 0. The van der Waals surface area contributed by atoms with E-state index in [2.05, 4.69) is 5.32 Å². The van der Waals surface area contributed by atoms with Gasteiger partial charge in [-0.3, -0.25) is 9.10 Å². The number of carbonyl (C=O) groups is 1. The number of hydrogen-bond acceptors (Lipinski definition) is 4. The van der Waals surface area contributed by atoms with Crippen LogP contribution in [-0.4, -0.2) is 34.0 Å². The number of anilines is 1. The van der Waals surface area contributed by atoms with E-state index in [4.69, 9.17) is 16.3 Å². The third-order valence-corrected chi connectivity index (χ3v) is 7.40. The van der Waals surface area contributed by atoms with Crippen LogP contribution in [0.15, 0.2) is 83.8 Å². The Balaban J connectivity index is 1.74. The molecule has 3 aromatic rings. The molecule has 1 N–H and O–H groups in total. The smallest absolute Gasteiger partial charge is 0.270 e. The van der Waals surface area contributed by atoms with Crippen LogP contribution in [0, 0.1) is 0 Å². The van der Waals surface area contributed by atoms with Crippen LogP contribution in [0.4, 0.5) is 5.69 Å². The number of para-hydroxylation sites is 1. The number of fused-ring (bicyclic) bond motifs is 1. The van der Waals surface area contributed by atoms with Gasteiger partial charge in [0.05, 0.1) is 12.2 Å². The van der Waals surface area contributed by atoms with Crippen molar-refractivity contribution in [1.29, 1.82) is 0 Å². The fourth-order valence-corrected chi connectivity index (χ4v) is 5.75. The zero-order valence-corrected chi connectivity index (χ0v) is 19.6. The van der Waals surface area contributed by atoms with Crippen LogP contribution in [0.2, 0.25) is 5.02 Å². The SMILES string of the molecule is CCN1c2ccc(Cl)cc2C(c2ccccc2)=C(C(=O)NCCOc2ccccc2)S1(=O)=O. The Kier molecular flexibility index (Phi) is 6.72. The molecule has 170 valence electrons. The average Bonchev–Trinajstić information content (AvgIpc) is 2.82. The van der Waals surface area contributed by atoms with Crippen LogP contribution in [0.25, 0.3) is 5.57 Å².